The van der Waals surface area contributed by atoms with Crippen LogP contribution in [0.25, 0.3) is 6.08 Å². The number of nitrogens with one attached hydrogen (secondary N) is 1. The van der Waals surface area contributed by atoms with Crippen LogP contribution in [0.5, 0.6) is 11.5 Å². The monoisotopic (exact) mass is 360 g/mol. The molecule has 2 N–H and O–H groups in total. The van der Waals surface area contributed by atoms with Gasteiger partial charge in [-0.3, -0.25) is 4.79 Å². The van der Waals surface area contributed by atoms with Gasteiger partial charge in [0, 0.05) is 0 Å². The minimum atomic E-state index is -0.226. The number of amides is 1. The Morgan fingerprint density at radius 3 is 2.67 bits per heavy atom. The molecule has 24 heavy (non-hydrogen) atoms. The van der Waals surface area contributed by atoms with Crippen molar-refractivity contribution in [2.45, 2.75) is 0 Å². The number of carbonyl (C=O) groups is 1. The van der Waals surface area contributed by atoms with Gasteiger partial charge in [-0.2, -0.15) is 0 Å². The number of ether oxygens (including phenoxy) is 1. The van der Waals surface area contributed by atoms with E-state index in [1.54, 1.807) is 49.6 Å². The molecule has 1 heterocycles. The molecule has 1 aliphatic rings. The van der Waals surface area contributed by atoms with Gasteiger partial charge in [0.2, 0.25) is 0 Å². The number of benzene rings is 2. The maximum atomic E-state index is 12.0. The highest BCUT2D eigenvalue weighted by molar-refractivity contribution is 8.18. The summed E-state index contributed by atoms with van der Waals surface area (Å²) in [5, 5.41) is 12.9. The first kappa shape index (κ1) is 16.4. The molecule has 0 bridgehead atoms. The molecule has 1 saturated heterocycles. The van der Waals surface area contributed by atoms with Crippen LogP contribution in [-0.2, 0) is 4.79 Å². The lowest BCUT2D eigenvalue weighted by Crippen LogP contribution is -2.19. The molecule has 0 spiro atoms. The van der Waals surface area contributed by atoms with Crippen molar-refractivity contribution in [1.29, 1.82) is 0 Å². The third-order valence-corrected chi connectivity index (χ3v) is 4.44. The third kappa shape index (κ3) is 3.72. The zero-order chi connectivity index (χ0) is 17.1. The second-order valence-corrected chi connectivity index (χ2v) is 6.33. The van der Waals surface area contributed by atoms with Gasteiger partial charge in [0.15, 0.2) is 5.17 Å². The van der Waals surface area contributed by atoms with Gasteiger partial charge >= 0.3 is 0 Å². The van der Waals surface area contributed by atoms with Gasteiger partial charge in [0.1, 0.15) is 11.5 Å². The average Bonchev–Trinajstić information content (AvgIpc) is 2.91. The number of rotatable bonds is 3. The number of aliphatic imine (C=N–C) groups is 1. The van der Waals surface area contributed by atoms with Crippen LogP contribution < -0.4 is 10.1 Å². The first-order valence-corrected chi connectivity index (χ1v) is 8.17. The maximum Gasteiger partial charge on any atom is 0.264 e. The summed E-state index contributed by atoms with van der Waals surface area (Å²) in [6, 6.07) is 12.0. The van der Waals surface area contributed by atoms with Crippen LogP contribution in [-0.4, -0.2) is 23.3 Å². The van der Waals surface area contributed by atoms with Crippen LogP contribution in [0.15, 0.2) is 52.4 Å². The van der Waals surface area contributed by atoms with Crippen LogP contribution in [0, 0.1) is 0 Å². The minimum absolute atomic E-state index is 0.00380. The molecule has 122 valence electrons. The zero-order valence-corrected chi connectivity index (χ0v) is 14.2. The van der Waals surface area contributed by atoms with Crippen molar-refractivity contribution in [2.75, 3.05) is 7.11 Å². The van der Waals surface area contributed by atoms with E-state index in [1.807, 2.05) is 0 Å². The Bertz CT molecular complexity index is 847. The van der Waals surface area contributed by atoms with E-state index in [0.717, 1.165) is 11.3 Å². The fourth-order valence-corrected chi connectivity index (χ4v) is 3.05. The summed E-state index contributed by atoms with van der Waals surface area (Å²) in [5.74, 6) is 0.521. The Morgan fingerprint density at radius 1 is 1.25 bits per heavy atom. The van der Waals surface area contributed by atoms with Crippen molar-refractivity contribution in [2.24, 2.45) is 4.99 Å². The summed E-state index contributed by atoms with van der Waals surface area (Å²) in [4.78, 5) is 16.9. The van der Waals surface area contributed by atoms with E-state index in [9.17, 15) is 9.90 Å². The number of amidine groups is 1. The van der Waals surface area contributed by atoms with Gasteiger partial charge in [-0.1, -0.05) is 17.7 Å². The van der Waals surface area contributed by atoms with Crippen LogP contribution in [0.2, 0.25) is 5.02 Å². The predicted molar refractivity (Wildman–Crippen MR) is 96.9 cm³/mol. The van der Waals surface area contributed by atoms with Crippen molar-refractivity contribution in [3.8, 4) is 11.5 Å². The zero-order valence-electron chi connectivity index (χ0n) is 12.6. The first-order chi connectivity index (χ1) is 11.5. The van der Waals surface area contributed by atoms with Crippen LogP contribution in [0.3, 0.4) is 0 Å². The molecular weight excluding hydrogens is 348 g/mol. The SMILES string of the molecule is COc1ccc(N=C2NC(=O)C(=Cc3ccc(O)c(Cl)c3)S2)cc1. The fraction of sp³-hybridized carbons (Fsp3) is 0.0588. The Balaban J connectivity index is 1.80. The number of carbonyl (C=O) groups excluding carboxylic acids is 1. The summed E-state index contributed by atoms with van der Waals surface area (Å²) in [7, 11) is 1.60. The average molecular weight is 361 g/mol. The normalized spacial score (nSPS) is 17.3. The molecular formula is C17H13ClN2O3S. The van der Waals surface area contributed by atoms with Crippen molar-refractivity contribution in [3.63, 3.8) is 0 Å². The second kappa shape index (κ2) is 6.98. The number of aromatic hydroxyl groups is 1. The number of nitrogens with zero attached hydrogens (tertiary/aromatic N) is 1. The first-order valence-electron chi connectivity index (χ1n) is 6.97. The van der Waals surface area contributed by atoms with Gasteiger partial charge < -0.3 is 15.2 Å². The Labute approximate surface area is 148 Å². The summed E-state index contributed by atoms with van der Waals surface area (Å²) in [6.07, 6.45) is 1.70. The summed E-state index contributed by atoms with van der Waals surface area (Å²) < 4.78 is 5.10. The van der Waals surface area contributed by atoms with Crippen molar-refractivity contribution >= 4 is 46.2 Å². The van der Waals surface area contributed by atoms with E-state index in [0.29, 0.717) is 15.8 Å². The highest BCUT2D eigenvalue weighted by Crippen LogP contribution is 2.30. The highest BCUT2D eigenvalue weighted by Gasteiger charge is 2.23. The molecule has 1 amide bonds. The molecule has 0 aliphatic carbocycles. The molecule has 3 rings (SSSR count). The fourth-order valence-electron chi connectivity index (χ4n) is 2.02. The number of hydrogen-bond acceptors (Lipinski definition) is 5. The van der Waals surface area contributed by atoms with E-state index < -0.39 is 0 Å². The molecule has 1 aliphatic heterocycles. The smallest absolute Gasteiger partial charge is 0.264 e. The lowest BCUT2D eigenvalue weighted by Gasteiger charge is -2.00. The number of thioether (sulfide) groups is 1. The number of halogens is 1. The molecule has 2 aromatic carbocycles. The lowest BCUT2D eigenvalue weighted by atomic mass is 10.2. The topological polar surface area (TPSA) is 70.9 Å². The lowest BCUT2D eigenvalue weighted by molar-refractivity contribution is -0.115. The van der Waals surface area contributed by atoms with Crippen LogP contribution in [0.1, 0.15) is 5.56 Å². The van der Waals surface area contributed by atoms with Crippen molar-refractivity contribution in [1.82, 2.24) is 5.32 Å². The summed E-state index contributed by atoms with van der Waals surface area (Å²) in [5.41, 5.74) is 1.44. The van der Waals surface area contributed by atoms with Gasteiger partial charge in [0.05, 0.1) is 22.7 Å². The predicted octanol–water partition coefficient (Wildman–Crippen LogP) is 3.95. The molecule has 0 saturated carbocycles. The molecule has 0 unspecified atom stereocenters. The van der Waals surface area contributed by atoms with E-state index in [2.05, 4.69) is 10.3 Å². The largest absolute Gasteiger partial charge is 0.506 e. The summed E-state index contributed by atoms with van der Waals surface area (Å²) >= 11 is 7.12. The molecule has 0 radical (unpaired) electrons. The van der Waals surface area contributed by atoms with E-state index in [-0.39, 0.29) is 16.7 Å². The molecule has 0 aromatic heterocycles. The van der Waals surface area contributed by atoms with E-state index >= 15 is 0 Å². The highest BCUT2D eigenvalue weighted by atomic mass is 35.5. The van der Waals surface area contributed by atoms with Crippen LogP contribution in [0.4, 0.5) is 5.69 Å². The number of hydrogen-bond donors (Lipinski definition) is 2. The van der Waals surface area contributed by atoms with Gasteiger partial charge in [-0.25, -0.2) is 4.99 Å². The Morgan fingerprint density at radius 2 is 2.00 bits per heavy atom. The molecule has 5 nitrogen and oxygen atoms in total. The quantitative estimate of drug-likeness (QED) is 0.813. The molecule has 1 fully saturated rings. The Hall–Kier alpha value is -2.44. The molecule has 7 heteroatoms. The number of phenolic OH excluding ortho intramolecular Hbond substituents is 1. The minimum Gasteiger partial charge on any atom is -0.506 e. The van der Waals surface area contributed by atoms with E-state index in [1.165, 1.54) is 17.8 Å². The van der Waals surface area contributed by atoms with Gasteiger partial charge in [-0.15, -0.1) is 0 Å². The Kier molecular flexibility index (Phi) is 4.78. The van der Waals surface area contributed by atoms with Crippen LogP contribution >= 0.6 is 23.4 Å². The van der Waals surface area contributed by atoms with Gasteiger partial charge in [0.25, 0.3) is 5.91 Å². The second-order valence-electron chi connectivity index (χ2n) is 4.89. The summed E-state index contributed by atoms with van der Waals surface area (Å²) in [6.45, 7) is 0. The standard InChI is InChI=1S/C17H13ClN2O3S/c1-23-12-5-3-11(4-6-12)19-17-20-16(22)15(24-17)9-10-2-7-14(21)13(18)8-10/h2-9,21H,1H3,(H,19,20,22). The number of phenols is 1. The van der Waals surface area contributed by atoms with Crippen molar-refractivity contribution in [3.05, 3.63) is 58.0 Å². The molecule has 2 aromatic rings. The van der Waals surface area contributed by atoms with Gasteiger partial charge in [-0.05, 0) is 59.8 Å². The number of methoxy groups -OCH3 is 1. The maximum absolute atomic E-state index is 12.0. The third-order valence-electron chi connectivity index (χ3n) is 3.22. The van der Waals surface area contributed by atoms with E-state index in [4.69, 9.17) is 16.3 Å². The van der Waals surface area contributed by atoms with Crippen molar-refractivity contribution < 1.29 is 14.6 Å². The molecule has 0 atom stereocenters.